The lowest BCUT2D eigenvalue weighted by Gasteiger charge is -2.35. The number of likely N-dealkylation sites (N-methyl/N-ethyl adjacent to an activating group) is 1. The van der Waals surface area contributed by atoms with Crippen molar-refractivity contribution in [1.82, 2.24) is 4.90 Å². The van der Waals surface area contributed by atoms with E-state index in [4.69, 9.17) is 11.6 Å². The first-order valence-electron chi connectivity index (χ1n) is 7.59. The van der Waals surface area contributed by atoms with Gasteiger partial charge in [-0.1, -0.05) is 43.7 Å². The van der Waals surface area contributed by atoms with Crippen LogP contribution in [0.4, 0.5) is 0 Å². The molecule has 1 amide bonds. The van der Waals surface area contributed by atoms with E-state index in [9.17, 15) is 4.79 Å². The van der Waals surface area contributed by atoms with E-state index in [1.165, 1.54) is 19.3 Å². The van der Waals surface area contributed by atoms with E-state index in [0.29, 0.717) is 6.04 Å². The van der Waals surface area contributed by atoms with Crippen molar-refractivity contribution in [3.63, 3.8) is 0 Å². The van der Waals surface area contributed by atoms with Gasteiger partial charge in [-0.05, 0) is 37.2 Å². The average Bonchev–Trinajstić information content (AvgIpc) is 2.53. The molecule has 0 aromatic heterocycles. The van der Waals surface area contributed by atoms with Crippen LogP contribution in [0.2, 0.25) is 0 Å². The molecule has 0 heterocycles. The van der Waals surface area contributed by atoms with Gasteiger partial charge in [0.15, 0.2) is 0 Å². The molecule has 3 heteroatoms. The predicted molar refractivity (Wildman–Crippen MR) is 83.8 cm³/mol. The summed E-state index contributed by atoms with van der Waals surface area (Å²) in [7, 11) is 1.90. The quantitative estimate of drug-likeness (QED) is 0.754. The molecular formula is C17H24ClNO. The number of halogens is 1. The molecule has 1 aromatic carbocycles. The Morgan fingerprint density at radius 2 is 1.85 bits per heavy atom. The van der Waals surface area contributed by atoms with Crippen LogP contribution in [0.1, 0.15) is 50.0 Å². The highest BCUT2D eigenvalue weighted by Gasteiger charge is 2.29. The minimum atomic E-state index is -0.565. The van der Waals surface area contributed by atoms with Crippen molar-refractivity contribution in [1.29, 1.82) is 0 Å². The molecule has 0 radical (unpaired) electrons. The number of amides is 1. The Morgan fingerprint density at radius 3 is 2.40 bits per heavy atom. The van der Waals surface area contributed by atoms with Gasteiger partial charge >= 0.3 is 0 Å². The minimum absolute atomic E-state index is 0.0258. The summed E-state index contributed by atoms with van der Waals surface area (Å²) >= 11 is 6.34. The zero-order valence-electron chi connectivity index (χ0n) is 12.4. The summed E-state index contributed by atoms with van der Waals surface area (Å²) < 4.78 is 0. The van der Waals surface area contributed by atoms with Gasteiger partial charge in [0.05, 0.1) is 0 Å². The lowest BCUT2D eigenvalue weighted by atomic mass is 9.84. The van der Waals surface area contributed by atoms with Crippen LogP contribution in [-0.2, 0) is 4.79 Å². The van der Waals surface area contributed by atoms with Gasteiger partial charge < -0.3 is 4.90 Å². The molecule has 1 aliphatic carbocycles. The fourth-order valence-corrected chi connectivity index (χ4v) is 3.36. The average molecular weight is 294 g/mol. The molecule has 2 nitrogen and oxygen atoms in total. The summed E-state index contributed by atoms with van der Waals surface area (Å²) in [5.41, 5.74) is 0.883. The van der Waals surface area contributed by atoms with E-state index in [-0.39, 0.29) is 5.91 Å². The Bertz CT molecular complexity index is 426. The Kier molecular flexibility index (Phi) is 5.47. The van der Waals surface area contributed by atoms with Crippen LogP contribution in [0.3, 0.4) is 0 Å². The van der Waals surface area contributed by atoms with Crippen molar-refractivity contribution in [3.8, 4) is 0 Å². The monoisotopic (exact) mass is 293 g/mol. The molecule has 0 N–H and O–H groups in total. The van der Waals surface area contributed by atoms with Gasteiger partial charge in [-0.15, -0.1) is 11.6 Å². The highest BCUT2D eigenvalue weighted by Crippen LogP contribution is 2.31. The first-order chi connectivity index (χ1) is 9.63. The first-order valence-corrected chi connectivity index (χ1v) is 8.02. The molecule has 0 aliphatic heterocycles. The Balaban J connectivity index is 1.95. The molecule has 2 rings (SSSR count). The maximum atomic E-state index is 12.5. The lowest BCUT2D eigenvalue weighted by Crippen LogP contribution is -2.41. The molecule has 1 atom stereocenters. The standard InChI is InChI=1S/C17H24ClNO/c1-3-13-9-11-15(12-10-13)19(2)17(20)16(18)14-7-5-4-6-8-14/h4-8,13,15-16H,3,9-12H2,1-2H3. The number of carbonyl (C=O) groups is 1. The molecule has 1 fully saturated rings. The second-order valence-electron chi connectivity index (χ2n) is 5.81. The largest absolute Gasteiger partial charge is 0.341 e. The number of rotatable bonds is 4. The Labute approximate surface area is 127 Å². The third kappa shape index (κ3) is 3.54. The van der Waals surface area contributed by atoms with E-state index in [1.807, 2.05) is 42.3 Å². The number of hydrogen-bond donors (Lipinski definition) is 0. The SMILES string of the molecule is CCC1CCC(N(C)C(=O)C(Cl)c2ccccc2)CC1. The summed E-state index contributed by atoms with van der Waals surface area (Å²) in [5.74, 6) is 0.869. The summed E-state index contributed by atoms with van der Waals surface area (Å²) in [6.07, 6.45) is 5.94. The molecule has 1 aliphatic rings. The van der Waals surface area contributed by atoms with E-state index in [2.05, 4.69) is 6.92 Å². The topological polar surface area (TPSA) is 20.3 Å². The predicted octanol–water partition coefficient (Wildman–Crippen LogP) is 4.39. The first kappa shape index (κ1) is 15.4. The van der Waals surface area contributed by atoms with Crippen LogP contribution in [0.15, 0.2) is 30.3 Å². The van der Waals surface area contributed by atoms with Crippen LogP contribution < -0.4 is 0 Å². The van der Waals surface area contributed by atoms with E-state index in [0.717, 1.165) is 24.3 Å². The van der Waals surface area contributed by atoms with Crippen molar-refractivity contribution < 1.29 is 4.79 Å². The number of carbonyl (C=O) groups excluding carboxylic acids is 1. The summed E-state index contributed by atoms with van der Waals surface area (Å²) in [6, 6.07) is 9.96. The molecule has 0 spiro atoms. The summed E-state index contributed by atoms with van der Waals surface area (Å²) in [5, 5.41) is -0.565. The van der Waals surface area contributed by atoms with Gasteiger partial charge in [0, 0.05) is 13.1 Å². The summed E-state index contributed by atoms with van der Waals surface area (Å²) in [6.45, 7) is 2.25. The zero-order chi connectivity index (χ0) is 14.5. The van der Waals surface area contributed by atoms with Gasteiger partial charge in [-0.25, -0.2) is 0 Å². The van der Waals surface area contributed by atoms with Crippen molar-refractivity contribution in [2.75, 3.05) is 7.05 Å². The second-order valence-corrected chi connectivity index (χ2v) is 6.24. The normalized spacial score (nSPS) is 24.1. The maximum Gasteiger partial charge on any atom is 0.245 e. The number of alkyl halides is 1. The van der Waals surface area contributed by atoms with Gasteiger partial charge in [0.1, 0.15) is 5.38 Å². The lowest BCUT2D eigenvalue weighted by molar-refractivity contribution is -0.132. The van der Waals surface area contributed by atoms with Gasteiger partial charge in [-0.3, -0.25) is 4.79 Å². The zero-order valence-corrected chi connectivity index (χ0v) is 13.1. The highest BCUT2D eigenvalue weighted by atomic mass is 35.5. The number of benzene rings is 1. The fourth-order valence-electron chi connectivity index (χ4n) is 3.06. The van der Waals surface area contributed by atoms with Crippen LogP contribution in [0.25, 0.3) is 0 Å². The number of hydrogen-bond acceptors (Lipinski definition) is 1. The van der Waals surface area contributed by atoms with E-state index in [1.54, 1.807) is 0 Å². The molecule has 20 heavy (non-hydrogen) atoms. The van der Waals surface area contributed by atoms with Gasteiger partial charge in [0.2, 0.25) is 5.91 Å². The molecule has 1 saturated carbocycles. The minimum Gasteiger partial charge on any atom is -0.341 e. The maximum absolute atomic E-state index is 12.5. The summed E-state index contributed by atoms with van der Waals surface area (Å²) in [4.78, 5) is 14.4. The molecule has 110 valence electrons. The molecule has 1 aromatic rings. The van der Waals surface area contributed by atoms with Crippen molar-refractivity contribution in [2.45, 2.75) is 50.4 Å². The fraction of sp³-hybridized carbons (Fsp3) is 0.588. The molecule has 0 saturated heterocycles. The molecule has 0 bridgehead atoms. The Hall–Kier alpha value is -1.02. The number of nitrogens with zero attached hydrogens (tertiary/aromatic N) is 1. The van der Waals surface area contributed by atoms with Gasteiger partial charge in [-0.2, -0.15) is 0 Å². The van der Waals surface area contributed by atoms with Crippen molar-refractivity contribution >= 4 is 17.5 Å². The van der Waals surface area contributed by atoms with Crippen LogP contribution in [0.5, 0.6) is 0 Å². The smallest absolute Gasteiger partial charge is 0.245 e. The third-order valence-corrected chi connectivity index (χ3v) is 5.04. The van der Waals surface area contributed by atoms with E-state index < -0.39 is 5.38 Å². The van der Waals surface area contributed by atoms with Crippen LogP contribution in [0, 0.1) is 5.92 Å². The van der Waals surface area contributed by atoms with Gasteiger partial charge in [0.25, 0.3) is 0 Å². The van der Waals surface area contributed by atoms with Crippen LogP contribution in [-0.4, -0.2) is 23.9 Å². The van der Waals surface area contributed by atoms with Crippen molar-refractivity contribution in [3.05, 3.63) is 35.9 Å². The third-order valence-electron chi connectivity index (χ3n) is 4.60. The van der Waals surface area contributed by atoms with Crippen LogP contribution >= 0.6 is 11.6 Å². The second kappa shape index (κ2) is 7.12. The molecule has 1 unspecified atom stereocenters. The highest BCUT2D eigenvalue weighted by molar-refractivity contribution is 6.30. The van der Waals surface area contributed by atoms with Crippen molar-refractivity contribution in [2.24, 2.45) is 5.92 Å². The van der Waals surface area contributed by atoms with E-state index >= 15 is 0 Å². The Morgan fingerprint density at radius 1 is 1.25 bits per heavy atom. The molecular weight excluding hydrogens is 270 g/mol.